The molecule has 0 spiro atoms. The van der Waals surface area contributed by atoms with E-state index >= 15 is 0 Å². The zero-order valence-electron chi connectivity index (χ0n) is 6.62. The maximum absolute atomic E-state index is 5.90. The highest BCUT2D eigenvalue weighted by molar-refractivity contribution is 6.44. The van der Waals surface area contributed by atoms with Gasteiger partial charge in [0.15, 0.2) is 0 Å². The molecule has 0 aliphatic rings. The summed E-state index contributed by atoms with van der Waals surface area (Å²) in [6, 6.07) is 1.60. The van der Waals surface area contributed by atoms with Gasteiger partial charge in [0, 0.05) is 6.07 Å². The molecule has 4 heteroatoms. The molecule has 0 heterocycles. The summed E-state index contributed by atoms with van der Waals surface area (Å²) >= 11 is 17.5. The summed E-state index contributed by atoms with van der Waals surface area (Å²) in [6.07, 6.45) is 0. The fraction of sp³-hybridized carbons (Fsp3) is 0.250. The van der Waals surface area contributed by atoms with Crippen LogP contribution < -0.4 is 4.74 Å². The van der Waals surface area contributed by atoms with Gasteiger partial charge in [-0.3, -0.25) is 0 Å². The van der Waals surface area contributed by atoms with Crippen LogP contribution in [0.5, 0.6) is 5.75 Å². The SMILES string of the molecule is COc1cc(Cl)c(Cl)c(C)c1Cl. The van der Waals surface area contributed by atoms with Gasteiger partial charge >= 0.3 is 0 Å². The third kappa shape index (κ3) is 1.63. The van der Waals surface area contributed by atoms with Crippen molar-refractivity contribution in [3.63, 3.8) is 0 Å². The number of methoxy groups -OCH3 is 1. The molecule has 1 aromatic rings. The summed E-state index contributed by atoms with van der Waals surface area (Å²) in [7, 11) is 1.53. The molecule has 12 heavy (non-hydrogen) atoms. The molecule has 0 saturated carbocycles. The van der Waals surface area contributed by atoms with Crippen LogP contribution in [0.2, 0.25) is 15.1 Å². The molecule has 0 fully saturated rings. The van der Waals surface area contributed by atoms with Crippen molar-refractivity contribution in [3.05, 3.63) is 26.7 Å². The Morgan fingerprint density at radius 1 is 1.17 bits per heavy atom. The predicted octanol–water partition coefficient (Wildman–Crippen LogP) is 3.96. The van der Waals surface area contributed by atoms with Gasteiger partial charge in [-0.15, -0.1) is 0 Å². The van der Waals surface area contributed by atoms with Crippen LogP contribution in [-0.2, 0) is 0 Å². The van der Waals surface area contributed by atoms with Crippen molar-refractivity contribution in [2.45, 2.75) is 6.92 Å². The Hall–Kier alpha value is -0.110. The first kappa shape index (κ1) is 9.97. The average Bonchev–Trinajstić information content (AvgIpc) is 2.08. The fourth-order valence-electron chi connectivity index (χ4n) is 0.851. The molecule has 1 nitrogen and oxygen atoms in total. The van der Waals surface area contributed by atoms with Gasteiger partial charge in [0.25, 0.3) is 0 Å². The Bertz CT molecular complexity index is 310. The predicted molar refractivity (Wildman–Crippen MR) is 52.8 cm³/mol. The quantitative estimate of drug-likeness (QED) is 0.657. The lowest BCUT2D eigenvalue weighted by atomic mass is 10.2. The molecule has 0 saturated heterocycles. The highest BCUT2D eigenvalue weighted by atomic mass is 35.5. The zero-order valence-corrected chi connectivity index (χ0v) is 8.89. The van der Waals surface area contributed by atoms with Crippen molar-refractivity contribution >= 4 is 34.8 Å². The van der Waals surface area contributed by atoms with Crippen molar-refractivity contribution < 1.29 is 4.74 Å². The van der Waals surface area contributed by atoms with Gasteiger partial charge in [0.05, 0.1) is 22.2 Å². The first-order valence-electron chi connectivity index (χ1n) is 3.26. The van der Waals surface area contributed by atoms with E-state index in [0.29, 0.717) is 20.8 Å². The maximum Gasteiger partial charge on any atom is 0.139 e. The molecule has 1 rings (SSSR count). The normalized spacial score (nSPS) is 10.1. The van der Waals surface area contributed by atoms with E-state index in [1.54, 1.807) is 13.0 Å². The minimum atomic E-state index is 0.454. The lowest BCUT2D eigenvalue weighted by molar-refractivity contribution is 0.415. The van der Waals surface area contributed by atoms with E-state index in [2.05, 4.69) is 0 Å². The van der Waals surface area contributed by atoms with E-state index in [1.165, 1.54) is 7.11 Å². The second-order valence-corrected chi connectivity index (χ2v) is 3.48. The second-order valence-electron chi connectivity index (χ2n) is 2.31. The molecule has 0 aliphatic carbocycles. The van der Waals surface area contributed by atoms with E-state index in [0.717, 1.165) is 5.56 Å². The minimum absolute atomic E-state index is 0.454. The van der Waals surface area contributed by atoms with E-state index in [-0.39, 0.29) is 0 Å². The third-order valence-corrected chi connectivity index (χ3v) is 2.91. The van der Waals surface area contributed by atoms with Gasteiger partial charge in [-0.25, -0.2) is 0 Å². The number of hydrogen-bond donors (Lipinski definition) is 0. The number of ether oxygens (including phenoxy) is 1. The highest BCUT2D eigenvalue weighted by Crippen LogP contribution is 2.37. The van der Waals surface area contributed by atoms with Crippen molar-refractivity contribution in [2.75, 3.05) is 7.11 Å². The second kappa shape index (κ2) is 3.73. The standard InChI is InChI=1S/C8H7Cl3O/c1-4-7(10)5(9)3-6(12-2)8(4)11/h3H,1-2H3. The molecule has 0 N–H and O–H groups in total. The Morgan fingerprint density at radius 2 is 1.75 bits per heavy atom. The lowest BCUT2D eigenvalue weighted by Crippen LogP contribution is -1.88. The Kier molecular flexibility index (Phi) is 3.10. The fourth-order valence-corrected chi connectivity index (χ4v) is 1.52. The van der Waals surface area contributed by atoms with E-state index < -0.39 is 0 Å². The van der Waals surface area contributed by atoms with Gasteiger partial charge < -0.3 is 4.74 Å². The Balaban J connectivity index is 3.39. The Labute approximate surface area is 86.2 Å². The summed E-state index contributed by atoms with van der Waals surface area (Å²) < 4.78 is 4.99. The van der Waals surface area contributed by atoms with Gasteiger partial charge in [-0.05, 0) is 12.5 Å². The molecule has 0 bridgehead atoms. The van der Waals surface area contributed by atoms with Crippen LogP contribution in [0.3, 0.4) is 0 Å². The molecule has 0 atom stereocenters. The Morgan fingerprint density at radius 3 is 2.25 bits per heavy atom. The van der Waals surface area contributed by atoms with E-state index in [4.69, 9.17) is 39.5 Å². The lowest BCUT2D eigenvalue weighted by Gasteiger charge is -2.08. The van der Waals surface area contributed by atoms with Crippen LogP contribution in [0.4, 0.5) is 0 Å². The minimum Gasteiger partial charge on any atom is -0.495 e. The number of hydrogen-bond acceptors (Lipinski definition) is 1. The molecular formula is C8H7Cl3O. The summed E-state index contributed by atoms with van der Waals surface area (Å²) in [5.74, 6) is 0.545. The first-order chi connectivity index (χ1) is 5.57. The summed E-state index contributed by atoms with van der Waals surface area (Å²) in [5.41, 5.74) is 0.739. The van der Waals surface area contributed by atoms with Crippen LogP contribution in [0, 0.1) is 6.92 Å². The first-order valence-corrected chi connectivity index (χ1v) is 4.39. The number of rotatable bonds is 1. The van der Waals surface area contributed by atoms with Gasteiger partial charge in [0.1, 0.15) is 5.75 Å². The van der Waals surface area contributed by atoms with E-state index in [1.807, 2.05) is 0 Å². The molecule has 0 unspecified atom stereocenters. The number of halogens is 3. The molecule has 0 aliphatic heterocycles. The van der Waals surface area contributed by atoms with Crippen molar-refractivity contribution in [1.29, 1.82) is 0 Å². The molecule has 0 aromatic heterocycles. The number of benzene rings is 1. The van der Waals surface area contributed by atoms with Crippen LogP contribution in [0.15, 0.2) is 6.07 Å². The third-order valence-electron chi connectivity index (χ3n) is 1.56. The molecule has 0 amide bonds. The van der Waals surface area contributed by atoms with Gasteiger partial charge in [0.2, 0.25) is 0 Å². The molecule has 66 valence electrons. The average molecular weight is 226 g/mol. The van der Waals surface area contributed by atoms with Crippen molar-refractivity contribution in [2.24, 2.45) is 0 Å². The van der Waals surface area contributed by atoms with E-state index in [9.17, 15) is 0 Å². The van der Waals surface area contributed by atoms with Crippen LogP contribution in [0.1, 0.15) is 5.56 Å². The zero-order chi connectivity index (χ0) is 9.30. The smallest absolute Gasteiger partial charge is 0.139 e. The van der Waals surface area contributed by atoms with Crippen molar-refractivity contribution in [3.8, 4) is 5.75 Å². The van der Waals surface area contributed by atoms with Crippen LogP contribution in [-0.4, -0.2) is 7.11 Å². The van der Waals surface area contributed by atoms with Crippen LogP contribution >= 0.6 is 34.8 Å². The highest BCUT2D eigenvalue weighted by Gasteiger charge is 2.10. The molecule has 1 aromatic carbocycles. The van der Waals surface area contributed by atoms with Gasteiger partial charge in [-0.1, -0.05) is 34.8 Å². The monoisotopic (exact) mass is 224 g/mol. The molecular weight excluding hydrogens is 218 g/mol. The largest absolute Gasteiger partial charge is 0.495 e. The van der Waals surface area contributed by atoms with Gasteiger partial charge in [-0.2, -0.15) is 0 Å². The maximum atomic E-state index is 5.90. The summed E-state index contributed by atoms with van der Waals surface area (Å²) in [5, 5.41) is 1.43. The summed E-state index contributed by atoms with van der Waals surface area (Å²) in [4.78, 5) is 0. The molecule has 0 radical (unpaired) electrons. The van der Waals surface area contributed by atoms with Crippen molar-refractivity contribution in [1.82, 2.24) is 0 Å². The topological polar surface area (TPSA) is 9.23 Å². The summed E-state index contributed by atoms with van der Waals surface area (Å²) in [6.45, 7) is 1.79. The van der Waals surface area contributed by atoms with Crippen LogP contribution in [0.25, 0.3) is 0 Å².